The second kappa shape index (κ2) is 19.1. The van der Waals surface area contributed by atoms with Crippen molar-refractivity contribution in [1.82, 2.24) is 0 Å². The zero-order valence-electron chi connectivity index (χ0n) is 33.6. The van der Waals surface area contributed by atoms with Crippen molar-refractivity contribution in [1.29, 1.82) is 0 Å². The van der Waals surface area contributed by atoms with E-state index in [2.05, 4.69) is 199 Å². The fraction of sp³-hybridized carbons (Fsp3) is 0.320. The Morgan fingerprint density at radius 1 is 0.600 bits per heavy atom. The van der Waals surface area contributed by atoms with Gasteiger partial charge in [0.25, 0.3) is 0 Å². The third-order valence-electron chi connectivity index (χ3n) is 9.29. The van der Waals surface area contributed by atoms with E-state index in [1.54, 1.807) is 0 Å². The predicted molar refractivity (Wildman–Crippen MR) is 226 cm³/mol. The van der Waals surface area contributed by atoms with Crippen LogP contribution in [0.25, 0.3) is 16.7 Å². The molecule has 0 spiro atoms. The number of hydrogen-bond acceptors (Lipinski definition) is 0. The van der Waals surface area contributed by atoms with Crippen molar-refractivity contribution in [3.05, 3.63) is 184 Å². The largest absolute Gasteiger partial charge is 0.0985 e. The molecule has 0 saturated heterocycles. The molecule has 0 heterocycles. The number of fused-ring (bicyclic) bond motifs is 3. The Kier molecular flexibility index (Phi) is 15.9. The Morgan fingerprint density at radius 3 is 1.62 bits per heavy atom. The molecule has 1 aliphatic carbocycles. The maximum absolute atomic E-state index is 4.18. The van der Waals surface area contributed by atoms with Crippen LogP contribution in [0.5, 0.6) is 0 Å². The summed E-state index contributed by atoms with van der Waals surface area (Å²) in [6.07, 6.45) is 3.10. The summed E-state index contributed by atoms with van der Waals surface area (Å²) in [4.78, 5) is 0. The van der Waals surface area contributed by atoms with Crippen LogP contribution >= 0.6 is 0 Å². The van der Waals surface area contributed by atoms with Gasteiger partial charge in [0.15, 0.2) is 0 Å². The van der Waals surface area contributed by atoms with Gasteiger partial charge in [-0.3, -0.25) is 0 Å². The summed E-state index contributed by atoms with van der Waals surface area (Å²) >= 11 is 0. The van der Waals surface area contributed by atoms with Crippen LogP contribution < -0.4 is 0 Å². The first-order valence-electron chi connectivity index (χ1n) is 18.4. The molecule has 0 N–H and O–H groups in total. The molecule has 0 fully saturated rings. The smallest absolute Gasteiger partial charge is 0.0158 e. The third kappa shape index (κ3) is 10.1. The fourth-order valence-electron chi connectivity index (χ4n) is 6.59. The lowest BCUT2D eigenvalue weighted by atomic mass is 9.73. The average molecular weight is 665 g/mol. The molecule has 6 rings (SSSR count). The predicted octanol–water partition coefficient (Wildman–Crippen LogP) is 14.9. The van der Waals surface area contributed by atoms with E-state index in [1.807, 2.05) is 19.9 Å². The lowest BCUT2D eigenvalue weighted by Crippen LogP contribution is -2.22. The summed E-state index contributed by atoms with van der Waals surface area (Å²) in [6, 6.07) is 39.1. The first kappa shape index (κ1) is 41.7. The van der Waals surface area contributed by atoms with Crippen LogP contribution in [-0.4, -0.2) is 0 Å². The SMILES string of the molecule is C=CC(=C)c1c(C)cccc1C(C)(C)c1ccccc1C.CC.CCC.Cc1ccc(C)cc1.Cc1ccc2c(c1)C(C)(C)c1ccccc1-2. The van der Waals surface area contributed by atoms with Gasteiger partial charge in [-0.1, -0.05) is 207 Å². The lowest BCUT2D eigenvalue weighted by molar-refractivity contribution is 0.633. The Bertz CT molecular complexity index is 1800. The van der Waals surface area contributed by atoms with E-state index < -0.39 is 0 Å². The van der Waals surface area contributed by atoms with Gasteiger partial charge in [-0.25, -0.2) is 0 Å². The molecular formula is C50H64. The van der Waals surface area contributed by atoms with Crippen LogP contribution in [0.1, 0.15) is 117 Å². The van der Waals surface area contributed by atoms with Gasteiger partial charge >= 0.3 is 0 Å². The Labute approximate surface area is 307 Å². The highest BCUT2D eigenvalue weighted by atomic mass is 14.4. The summed E-state index contributed by atoms with van der Waals surface area (Å²) in [6.45, 7) is 36.2. The summed E-state index contributed by atoms with van der Waals surface area (Å²) in [5.41, 5.74) is 17.3. The van der Waals surface area contributed by atoms with Crippen molar-refractivity contribution < 1.29 is 0 Å². The standard InChI is InChI=1S/C21H24.C16H16.C8H10.C3H8.C2H6/c1-7-15(2)20-17(4)12-10-14-19(20)21(5,6)18-13-9-8-11-16(18)3;1-11-8-9-13-12-6-4-5-7-14(12)16(2,3)15(13)10-11;1-7-3-5-8(2)6-4-7;1-3-2;1-2/h7-14H,1-2H2,3-6H3;4-10H,1-3H3;3-6H,1-2H3;3H2,1-2H3;1-2H3. The van der Waals surface area contributed by atoms with Gasteiger partial charge < -0.3 is 0 Å². The van der Waals surface area contributed by atoms with Gasteiger partial charge in [0.1, 0.15) is 0 Å². The van der Waals surface area contributed by atoms with Crippen molar-refractivity contribution >= 4 is 5.57 Å². The van der Waals surface area contributed by atoms with E-state index in [4.69, 9.17) is 0 Å². The van der Waals surface area contributed by atoms with E-state index in [0.29, 0.717) is 0 Å². The first-order valence-corrected chi connectivity index (χ1v) is 18.4. The van der Waals surface area contributed by atoms with E-state index in [-0.39, 0.29) is 10.8 Å². The number of benzene rings is 5. The zero-order chi connectivity index (χ0) is 37.6. The van der Waals surface area contributed by atoms with Crippen LogP contribution in [0.4, 0.5) is 0 Å². The minimum absolute atomic E-state index is 0.0708. The van der Waals surface area contributed by atoms with Gasteiger partial charge in [0.2, 0.25) is 0 Å². The quantitative estimate of drug-likeness (QED) is 0.168. The molecule has 0 radical (unpaired) electrons. The Hall–Kier alpha value is -4.42. The summed E-state index contributed by atoms with van der Waals surface area (Å²) < 4.78 is 0. The maximum Gasteiger partial charge on any atom is 0.0158 e. The van der Waals surface area contributed by atoms with Gasteiger partial charge in [0, 0.05) is 10.8 Å². The van der Waals surface area contributed by atoms with Gasteiger partial charge in [-0.2, -0.15) is 0 Å². The first-order chi connectivity index (χ1) is 23.7. The summed E-state index contributed by atoms with van der Waals surface area (Å²) in [7, 11) is 0. The van der Waals surface area contributed by atoms with Crippen molar-refractivity contribution in [2.75, 3.05) is 0 Å². The molecule has 0 nitrogen and oxygen atoms in total. The second-order valence-corrected chi connectivity index (χ2v) is 14.2. The second-order valence-electron chi connectivity index (χ2n) is 14.2. The highest BCUT2D eigenvalue weighted by Gasteiger charge is 2.34. The third-order valence-corrected chi connectivity index (χ3v) is 9.29. The normalized spacial score (nSPS) is 11.7. The van der Waals surface area contributed by atoms with Crippen molar-refractivity contribution in [2.45, 2.75) is 107 Å². The minimum atomic E-state index is -0.0708. The zero-order valence-corrected chi connectivity index (χ0v) is 33.6. The van der Waals surface area contributed by atoms with Gasteiger partial charge in [0.05, 0.1) is 0 Å². The van der Waals surface area contributed by atoms with Crippen molar-refractivity contribution in [3.8, 4) is 11.1 Å². The molecule has 264 valence electrons. The van der Waals surface area contributed by atoms with Crippen LogP contribution in [0, 0.1) is 34.6 Å². The number of allylic oxidation sites excluding steroid dienone is 2. The summed E-state index contributed by atoms with van der Waals surface area (Å²) in [5.74, 6) is 0. The highest BCUT2D eigenvalue weighted by molar-refractivity contribution is 5.81. The molecule has 5 aromatic rings. The lowest BCUT2D eigenvalue weighted by Gasteiger charge is -2.31. The molecule has 0 heteroatoms. The number of aryl methyl sites for hydroxylation is 5. The Balaban J connectivity index is 0.000000262. The minimum Gasteiger partial charge on any atom is -0.0985 e. The van der Waals surface area contributed by atoms with Crippen molar-refractivity contribution in [3.63, 3.8) is 0 Å². The van der Waals surface area contributed by atoms with Crippen LogP contribution in [0.3, 0.4) is 0 Å². The van der Waals surface area contributed by atoms with E-state index in [0.717, 1.165) is 5.57 Å². The Morgan fingerprint density at radius 2 is 1.06 bits per heavy atom. The molecule has 0 atom stereocenters. The van der Waals surface area contributed by atoms with Crippen LogP contribution in [0.2, 0.25) is 0 Å². The molecule has 0 unspecified atom stereocenters. The topological polar surface area (TPSA) is 0 Å². The summed E-state index contributed by atoms with van der Waals surface area (Å²) in [5, 5.41) is 0. The molecule has 5 aromatic carbocycles. The van der Waals surface area contributed by atoms with Crippen LogP contribution in [-0.2, 0) is 10.8 Å². The molecule has 0 amide bonds. The molecular weight excluding hydrogens is 601 g/mol. The maximum atomic E-state index is 4.18. The highest BCUT2D eigenvalue weighted by Crippen LogP contribution is 2.48. The van der Waals surface area contributed by atoms with Crippen molar-refractivity contribution in [2.24, 2.45) is 0 Å². The molecule has 0 bridgehead atoms. The molecule has 1 aliphatic rings. The monoisotopic (exact) mass is 665 g/mol. The molecule has 0 aromatic heterocycles. The van der Waals surface area contributed by atoms with E-state index >= 15 is 0 Å². The van der Waals surface area contributed by atoms with E-state index in [1.165, 1.54) is 73.2 Å². The van der Waals surface area contributed by atoms with Crippen LogP contribution in [0.15, 0.2) is 128 Å². The van der Waals surface area contributed by atoms with Gasteiger partial charge in [-0.15, -0.1) is 0 Å². The fourth-order valence-corrected chi connectivity index (χ4v) is 6.59. The molecule has 0 saturated carbocycles. The number of rotatable bonds is 4. The average Bonchev–Trinajstić information content (AvgIpc) is 3.33. The molecule has 50 heavy (non-hydrogen) atoms. The molecule has 0 aliphatic heterocycles. The van der Waals surface area contributed by atoms with E-state index in [9.17, 15) is 0 Å². The number of hydrogen-bond donors (Lipinski definition) is 0. The van der Waals surface area contributed by atoms with Gasteiger partial charge in [-0.05, 0) is 90.3 Å².